The van der Waals surface area contributed by atoms with Crippen molar-refractivity contribution in [1.29, 1.82) is 0 Å². The molecule has 0 fully saturated rings. The van der Waals surface area contributed by atoms with Gasteiger partial charge in [0.15, 0.2) is 23.1 Å². The van der Waals surface area contributed by atoms with Crippen LogP contribution in [0.3, 0.4) is 0 Å². The molecule has 0 saturated carbocycles. The first-order valence-corrected chi connectivity index (χ1v) is 16.0. The first kappa shape index (κ1) is 27.7. The lowest BCUT2D eigenvalue weighted by atomic mass is 10.0. The van der Waals surface area contributed by atoms with Crippen molar-refractivity contribution in [1.82, 2.24) is 15.0 Å². The molecule has 226 valence electrons. The Bertz CT molecular complexity index is 2450. The fourth-order valence-corrected chi connectivity index (χ4v) is 6.46. The van der Waals surface area contributed by atoms with Crippen LogP contribution in [0.4, 0.5) is 17.1 Å². The van der Waals surface area contributed by atoms with Crippen LogP contribution in [-0.2, 0) is 0 Å². The van der Waals surface area contributed by atoms with Crippen molar-refractivity contribution < 1.29 is 4.42 Å². The minimum atomic E-state index is 0.557. The Morgan fingerprint density at radius 2 is 0.896 bits per heavy atom. The Morgan fingerprint density at radius 3 is 1.50 bits per heavy atom. The van der Waals surface area contributed by atoms with Crippen LogP contribution in [0.5, 0.6) is 0 Å². The third-order valence-corrected chi connectivity index (χ3v) is 8.68. The van der Waals surface area contributed by atoms with Gasteiger partial charge in [-0.25, -0.2) is 15.0 Å². The molecule has 7 aromatic carbocycles. The van der Waals surface area contributed by atoms with Crippen LogP contribution in [0.15, 0.2) is 174 Å². The zero-order valence-electron chi connectivity index (χ0n) is 25.9. The van der Waals surface area contributed by atoms with Crippen LogP contribution in [-0.4, -0.2) is 15.0 Å². The maximum absolute atomic E-state index is 7.05. The van der Waals surface area contributed by atoms with Crippen molar-refractivity contribution >= 4 is 49.8 Å². The SMILES string of the molecule is c1ccc(-c2nc(-c3ccccc3)nc(-c3cccc4c3oc3c(N(c5ccccc5)c5ccccc5)c5ccccc5cc34)n2)cc1. The standard InChI is InChI=1S/C43H28N4O/c1-5-16-29(17-6-1)41-44-42(30-18-7-2-8-19-30)46-43(45-41)36-27-15-26-35-37-28-31-20-13-14-25-34(31)38(40(37)48-39(35)36)47(32-21-9-3-10-22-32)33-23-11-4-12-24-33/h1-28H. The van der Waals surface area contributed by atoms with E-state index in [9.17, 15) is 0 Å². The molecule has 0 spiro atoms. The monoisotopic (exact) mass is 616 g/mol. The predicted octanol–water partition coefficient (Wildman–Crippen LogP) is 11.4. The van der Waals surface area contributed by atoms with E-state index < -0.39 is 0 Å². The third kappa shape index (κ3) is 4.77. The summed E-state index contributed by atoms with van der Waals surface area (Å²) in [5, 5.41) is 4.25. The molecule has 0 atom stereocenters. The summed E-state index contributed by atoms with van der Waals surface area (Å²) in [5.74, 6) is 1.78. The van der Waals surface area contributed by atoms with Gasteiger partial charge in [-0.05, 0) is 41.8 Å². The molecule has 48 heavy (non-hydrogen) atoms. The lowest BCUT2D eigenvalue weighted by molar-refractivity contribution is 0.670. The first-order valence-electron chi connectivity index (χ1n) is 16.0. The minimum Gasteiger partial charge on any atom is -0.453 e. The highest BCUT2D eigenvalue weighted by atomic mass is 16.3. The van der Waals surface area contributed by atoms with Crippen LogP contribution >= 0.6 is 0 Å². The van der Waals surface area contributed by atoms with Gasteiger partial charge in [0.05, 0.1) is 11.3 Å². The molecule has 9 aromatic rings. The van der Waals surface area contributed by atoms with Crippen LogP contribution < -0.4 is 4.90 Å². The molecule has 0 bridgehead atoms. The molecule has 0 radical (unpaired) electrons. The second-order valence-electron chi connectivity index (χ2n) is 11.7. The highest BCUT2D eigenvalue weighted by molar-refractivity contribution is 6.20. The van der Waals surface area contributed by atoms with Crippen LogP contribution in [0.25, 0.3) is 66.9 Å². The molecule has 5 heteroatoms. The van der Waals surface area contributed by atoms with Crippen molar-refractivity contribution in [2.24, 2.45) is 0 Å². The zero-order chi connectivity index (χ0) is 31.9. The molecule has 0 aliphatic rings. The predicted molar refractivity (Wildman–Crippen MR) is 196 cm³/mol. The van der Waals surface area contributed by atoms with E-state index in [0.717, 1.165) is 66.5 Å². The van der Waals surface area contributed by atoms with E-state index in [1.165, 1.54) is 0 Å². The topological polar surface area (TPSA) is 55.1 Å². The molecular formula is C43H28N4O. The van der Waals surface area contributed by atoms with E-state index in [1.54, 1.807) is 0 Å². The van der Waals surface area contributed by atoms with Crippen molar-refractivity contribution in [3.8, 4) is 34.2 Å². The van der Waals surface area contributed by atoms with Gasteiger partial charge in [-0.1, -0.05) is 133 Å². The molecule has 0 aliphatic carbocycles. The molecule has 0 aliphatic heterocycles. The second-order valence-corrected chi connectivity index (χ2v) is 11.7. The van der Waals surface area contributed by atoms with Gasteiger partial charge in [0.2, 0.25) is 0 Å². The lowest BCUT2D eigenvalue weighted by Crippen LogP contribution is -2.10. The summed E-state index contributed by atoms with van der Waals surface area (Å²) in [5.41, 5.74) is 7.24. The molecule has 2 aromatic heterocycles. The Labute approximate surface area is 277 Å². The molecule has 5 nitrogen and oxygen atoms in total. The zero-order valence-corrected chi connectivity index (χ0v) is 25.9. The van der Waals surface area contributed by atoms with Gasteiger partial charge in [0.25, 0.3) is 0 Å². The van der Waals surface area contributed by atoms with Crippen molar-refractivity contribution in [2.45, 2.75) is 0 Å². The molecule has 0 amide bonds. The summed E-state index contributed by atoms with van der Waals surface area (Å²) in [6.45, 7) is 0. The number of aromatic nitrogens is 3. The van der Waals surface area contributed by atoms with Gasteiger partial charge in [-0.3, -0.25) is 0 Å². The van der Waals surface area contributed by atoms with E-state index in [0.29, 0.717) is 17.5 Å². The van der Waals surface area contributed by atoms with Crippen molar-refractivity contribution in [3.63, 3.8) is 0 Å². The average Bonchev–Trinajstić information content (AvgIpc) is 3.54. The first-order chi connectivity index (χ1) is 23.8. The van der Waals surface area contributed by atoms with Crippen LogP contribution in [0.1, 0.15) is 0 Å². The van der Waals surface area contributed by atoms with Gasteiger partial charge >= 0.3 is 0 Å². The molecule has 0 unspecified atom stereocenters. The Hall–Kier alpha value is -6.59. The highest BCUT2D eigenvalue weighted by Crippen LogP contribution is 2.47. The van der Waals surface area contributed by atoms with E-state index in [-0.39, 0.29) is 0 Å². The number of furan rings is 1. The third-order valence-electron chi connectivity index (χ3n) is 8.68. The second kappa shape index (κ2) is 11.6. The molecule has 0 N–H and O–H groups in total. The fourth-order valence-electron chi connectivity index (χ4n) is 6.46. The van der Waals surface area contributed by atoms with Gasteiger partial charge in [0.1, 0.15) is 5.58 Å². The average molecular weight is 617 g/mol. The van der Waals surface area contributed by atoms with E-state index in [2.05, 4.69) is 95.9 Å². The Kier molecular flexibility index (Phi) is 6.72. The number of rotatable bonds is 6. The molecular weight excluding hydrogens is 589 g/mol. The summed E-state index contributed by atoms with van der Waals surface area (Å²) in [4.78, 5) is 17.3. The summed E-state index contributed by atoms with van der Waals surface area (Å²) < 4.78 is 7.05. The number of para-hydroxylation sites is 3. The quantitative estimate of drug-likeness (QED) is 0.186. The largest absolute Gasteiger partial charge is 0.453 e. The maximum Gasteiger partial charge on any atom is 0.167 e. The Balaban J connectivity index is 1.35. The lowest BCUT2D eigenvalue weighted by Gasteiger charge is -2.26. The molecule has 9 rings (SSSR count). The summed E-state index contributed by atoms with van der Waals surface area (Å²) >= 11 is 0. The van der Waals surface area contributed by atoms with E-state index >= 15 is 0 Å². The number of hydrogen-bond acceptors (Lipinski definition) is 5. The fraction of sp³-hybridized carbons (Fsp3) is 0. The highest BCUT2D eigenvalue weighted by Gasteiger charge is 2.24. The maximum atomic E-state index is 7.05. The van der Waals surface area contributed by atoms with E-state index in [4.69, 9.17) is 19.4 Å². The molecule has 2 heterocycles. The van der Waals surface area contributed by atoms with Gasteiger partial charge in [-0.2, -0.15) is 0 Å². The van der Waals surface area contributed by atoms with E-state index in [1.807, 2.05) is 78.9 Å². The number of hydrogen-bond donors (Lipinski definition) is 0. The molecule has 0 saturated heterocycles. The number of anilines is 3. The summed E-state index contributed by atoms with van der Waals surface area (Å²) in [6, 6.07) is 57.9. The normalized spacial score (nSPS) is 11.3. The van der Waals surface area contributed by atoms with Crippen LogP contribution in [0.2, 0.25) is 0 Å². The van der Waals surface area contributed by atoms with Gasteiger partial charge in [-0.15, -0.1) is 0 Å². The van der Waals surface area contributed by atoms with Crippen LogP contribution in [0, 0.1) is 0 Å². The summed E-state index contributed by atoms with van der Waals surface area (Å²) in [6.07, 6.45) is 0. The van der Waals surface area contributed by atoms with Crippen molar-refractivity contribution in [3.05, 3.63) is 170 Å². The summed E-state index contributed by atoms with van der Waals surface area (Å²) in [7, 11) is 0. The number of benzene rings is 7. The van der Waals surface area contributed by atoms with Gasteiger partial charge < -0.3 is 9.32 Å². The van der Waals surface area contributed by atoms with Crippen molar-refractivity contribution in [2.75, 3.05) is 4.90 Å². The number of fused-ring (bicyclic) bond motifs is 4. The smallest absolute Gasteiger partial charge is 0.167 e. The Morgan fingerprint density at radius 1 is 0.396 bits per heavy atom. The number of nitrogens with zero attached hydrogens (tertiary/aromatic N) is 4. The van der Waals surface area contributed by atoms with Gasteiger partial charge in [0, 0.05) is 38.7 Å². The minimum absolute atomic E-state index is 0.557.